The zero-order valence-electron chi connectivity index (χ0n) is 19.7. The number of ether oxygens (including phenoxy) is 2. The summed E-state index contributed by atoms with van der Waals surface area (Å²) in [7, 11) is 0. The zero-order valence-corrected chi connectivity index (χ0v) is 19.7. The Morgan fingerprint density at radius 1 is 1.24 bits per heavy atom. The number of nitrogens with two attached hydrogens (primary N) is 1. The number of aliphatic hydroxyl groups excluding tert-OH is 1. The van der Waals surface area contributed by atoms with Crippen molar-refractivity contribution in [2.45, 2.75) is 62.7 Å². The molecule has 1 aliphatic heterocycles. The number of alkyl halides is 3. The van der Waals surface area contributed by atoms with Crippen LogP contribution in [0.1, 0.15) is 48.7 Å². The molecule has 1 aliphatic carbocycles. The molecule has 2 aromatic rings. The molecule has 4 atom stereocenters. The van der Waals surface area contributed by atoms with Gasteiger partial charge in [0, 0.05) is 42.1 Å². The quantitative estimate of drug-likeness (QED) is 0.493. The molecule has 1 aromatic carbocycles. The number of amides is 2. The first-order valence-corrected chi connectivity index (χ1v) is 11.4. The van der Waals surface area contributed by atoms with Crippen LogP contribution >= 0.6 is 0 Å². The van der Waals surface area contributed by atoms with Crippen LogP contribution in [0.5, 0.6) is 5.75 Å². The lowest BCUT2D eigenvalue weighted by atomic mass is 9.76. The highest BCUT2D eigenvalue weighted by atomic mass is 19.4. The number of halogens is 5. The monoisotopic (exact) mass is 529 g/mol. The van der Waals surface area contributed by atoms with Crippen LogP contribution in [0.4, 0.5) is 27.6 Å². The van der Waals surface area contributed by atoms with Crippen molar-refractivity contribution in [1.82, 2.24) is 4.98 Å². The number of aromatic nitrogens is 1. The van der Waals surface area contributed by atoms with Crippen LogP contribution in [0.2, 0.25) is 0 Å². The summed E-state index contributed by atoms with van der Waals surface area (Å²) in [4.78, 5) is 28.4. The largest absolute Gasteiger partial charge is 0.487 e. The number of nitrogens with zero attached hydrogens (tertiary/aromatic N) is 1. The number of carbonyl (C=O) groups excluding carboxylic acids is 2. The Labute approximate surface area is 208 Å². The van der Waals surface area contributed by atoms with E-state index in [4.69, 9.17) is 15.2 Å². The summed E-state index contributed by atoms with van der Waals surface area (Å²) in [6.45, 7) is 1.97. The Balaban J connectivity index is 1.75. The van der Waals surface area contributed by atoms with Crippen molar-refractivity contribution < 1.29 is 46.1 Å². The van der Waals surface area contributed by atoms with E-state index in [0.29, 0.717) is 0 Å². The van der Waals surface area contributed by atoms with Gasteiger partial charge in [0.25, 0.3) is 11.8 Å². The molecule has 2 aliphatic rings. The molecule has 4 rings (SSSR count). The Morgan fingerprint density at radius 2 is 1.92 bits per heavy atom. The van der Waals surface area contributed by atoms with Gasteiger partial charge in [-0.3, -0.25) is 14.6 Å². The molecule has 1 saturated heterocycles. The minimum atomic E-state index is -4.92. The van der Waals surface area contributed by atoms with Gasteiger partial charge in [-0.1, -0.05) is 13.0 Å². The van der Waals surface area contributed by atoms with E-state index < -0.39 is 71.1 Å². The van der Waals surface area contributed by atoms with E-state index in [1.165, 1.54) is 19.2 Å². The number of primary amides is 1. The molecule has 2 amide bonds. The number of anilines is 1. The number of benzene rings is 1. The molecule has 0 spiro atoms. The zero-order chi connectivity index (χ0) is 27.3. The molecular formula is C24H24F5N3O5. The number of hydrogen-bond donors (Lipinski definition) is 3. The van der Waals surface area contributed by atoms with Gasteiger partial charge in [-0.25, -0.2) is 4.39 Å². The molecule has 200 valence electrons. The van der Waals surface area contributed by atoms with Crippen molar-refractivity contribution in [2.75, 3.05) is 5.32 Å². The topological polar surface area (TPSA) is 124 Å². The average Bonchev–Trinajstić information content (AvgIpc) is 3.08. The minimum Gasteiger partial charge on any atom is -0.487 e. The maximum absolute atomic E-state index is 14.9. The lowest BCUT2D eigenvalue weighted by Gasteiger charge is -2.34. The molecule has 1 aromatic heterocycles. The first kappa shape index (κ1) is 26.7. The van der Waals surface area contributed by atoms with Crippen LogP contribution in [-0.2, 0) is 9.53 Å². The highest BCUT2D eigenvalue weighted by Gasteiger charge is 2.66. The predicted octanol–water partition coefficient (Wildman–Crippen LogP) is 3.44. The van der Waals surface area contributed by atoms with E-state index in [2.05, 4.69) is 10.3 Å². The Hall–Kier alpha value is -3.32. The lowest BCUT2D eigenvalue weighted by molar-refractivity contribution is -0.272. The molecule has 37 heavy (non-hydrogen) atoms. The third-order valence-corrected chi connectivity index (χ3v) is 7.00. The third kappa shape index (κ3) is 4.85. The third-order valence-electron chi connectivity index (χ3n) is 7.00. The van der Waals surface area contributed by atoms with Crippen LogP contribution < -0.4 is 15.8 Å². The first-order chi connectivity index (χ1) is 17.2. The van der Waals surface area contributed by atoms with Crippen molar-refractivity contribution >= 4 is 17.5 Å². The highest BCUT2D eigenvalue weighted by Crippen LogP contribution is 2.55. The Bertz CT molecular complexity index is 1220. The van der Waals surface area contributed by atoms with E-state index in [9.17, 15) is 36.6 Å². The van der Waals surface area contributed by atoms with Gasteiger partial charge in [-0.05, 0) is 25.1 Å². The van der Waals surface area contributed by atoms with E-state index in [1.54, 1.807) is 0 Å². The second-order valence-electron chi connectivity index (χ2n) is 9.39. The number of carbonyl (C=O) groups is 2. The summed E-state index contributed by atoms with van der Waals surface area (Å²) in [6.07, 6.45) is -6.70. The van der Waals surface area contributed by atoms with Crippen molar-refractivity contribution in [3.8, 4) is 5.75 Å². The molecular weight excluding hydrogens is 505 g/mol. The molecule has 1 saturated carbocycles. The van der Waals surface area contributed by atoms with Crippen molar-refractivity contribution in [3.63, 3.8) is 0 Å². The summed E-state index contributed by atoms with van der Waals surface area (Å²) in [5.41, 5.74) is 1.98. The Kier molecular flexibility index (Phi) is 6.88. The van der Waals surface area contributed by atoms with Gasteiger partial charge in [0.2, 0.25) is 5.82 Å². The standard InChI is InChI=1S/C24H24F5N3O5/c1-10-17(14-3-4-15(25)18(26)19(14)36-13-8-12(33)9-13)20(37-23(10,2)24(27,28)29)22(35)32-11-5-6-31-16(7-11)21(30)34/h3-7,10,12-13,17,20,33H,8-9H2,1-2H3,(H2,30,34)(H,31,32,35)/t10-,12?,13?,17-,20+,23+/m0/s1. The molecule has 0 radical (unpaired) electrons. The predicted molar refractivity (Wildman–Crippen MR) is 119 cm³/mol. The maximum Gasteiger partial charge on any atom is 0.417 e. The molecule has 0 unspecified atom stereocenters. The normalized spacial score (nSPS) is 29.5. The van der Waals surface area contributed by atoms with Gasteiger partial charge >= 0.3 is 6.18 Å². The molecule has 2 heterocycles. The Morgan fingerprint density at radius 3 is 2.51 bits per heavy atom. The second-order valence-corrected chi connectivity index (χ2v) is 9.39. The SMILES string of the molecule is C[C@H]1[C@@H](c2ccc(F)c(F)c2OC2CC(O)C2)[C@H](C(=O)Nc2ccnc(C(N)=O)c2)O[C@@]1(C)C(F)(F)F. The molecule has 2 fully saturated rings. The summed E-state index contributed by atoms with van der Waals surface area (Å²) in [6, 6.07) is 4.22. The number of hydrogen-bond acceptors (Lipinski definition) is 6. The average molecular weight is 529 g/mol. The fraction of sp³-hybridized carbons (Fsp3) is 0.458. The fourth-order valence-corrected chi connectivity index (χ4v) is 4.61. The van der Waals surface area contributed by atoms with E-state index in [-0.39, 0.29) is 29.8 Å². The van der Waals surface area contributed by atoms with E-state index >= 15 is 0 Å². The van der Waals surface area contributed by atoms with Crippen molar-refractivity contribution in [3.05, 3.63) is 53.4 Å². The number of nitrogens with one attached hydrogen (secondary N) is 1. The molecule has 4 N–H and O–H groups in total. The molecule has 8 nitrogen and oxygen atoms in total. The van der Waals surface area contributed by atoms with E-state index in [0.717, 1.165) is 25.1 Å². The lowest BCUT2D eigenvalue weighted by Crippen LogP contribution is -2.47. The fourth-order valence-electron chi connectivity index (χ4n) is 4.61. The summed E-state index contributed by atoms with van der Waals surface area (Å²) in [5, 5.41) is 11.9. The van der Waals surface area contributed by atoms with E-state index in [1.807, 2.05) is 0 Å². The highest BCUT2D eigenvalue weighted by molar-refractivity contribution is 5.97. The van der Waals surface area contributed by atoms with Crippen molar-refractivity contribution in [2.24, 2.45) is 11.7 Å². The van der Waals surface area contributed by atoms with Crippen LogP contribution in [0, 0.1) is 17.6 Å². The van der Waals surface area contributed by atoms with Gasteiger partial charge in [-0.2, -0.15) is 17.6 Å². The summed E-state index contributed by atoms with van der Waals surface area (Å²) in [5.74, 6) is -8.14. The van der Waals surface area contributed by atoms with Crippen LogP contribution in [0.15, 0.2) is 30.5 Å². The minimum absolute atomic E-state index is 0.00892. The molecule has 13 heteroatoms. The van der Waals surface area contributed by atoms with Gasteiger partial charge in [0.05, 0.1) is 6.10 Å². The van der Waals surface area contributed by atoms with Crippen molar-refractivity contribution in [1.29, 1.82) is 0 Å². The van der Waals surface area contributed by atoms with Gasteiger partial charge in [-0.15, -0.1) is 0 Å². The number of pyridine rings is 1. The van der Waals surface area contributed by atoms with Gasteiger partial charge < -0.3 is 25.6 Å². The summed E-state index contributed by atoms with van der Waals surface area (Å²) < 4.78 is 82.4. The van der Waals surface area contributed by atoms with Gasteiger partial charge in [0.15, 0.2) is 17.2 Å². The second kappa shape index (κ2) is 9.53. The maximum atomic E-state index is 14.9. The smallest absolute Gasteiger partial charge is 0.417 e. The van der Waals surface area contributed by atoms with Gasteiger partial charge in [0.1, 0.15) is 17.9 Å². The van der Waals surface area contributed by atoms with Crippen LogP contribution in [0.3, 0.4) is 0 Å². The molecule has 0 bridgehead atoms. The van der Waals surface area contributed by atoms with Crippen LogP contribution in [0.25, 0.3) is 0 Å². The summed E-state index contributed by atoms with van der Waals surface area (Å²) >= 11 is 0. The van der Waals surface area contributed by atoms with Crippen LogP contribution in [-0.4, -0.2) is 52.0 Å². The number of aliphatic hydroxyl groups is 1. The number of rotatable bonds is 6. The first-order valence-electron chi connectivity index (χ1n) is 11.4.